The van der Waals surface area contributed by atoms with Gasteiger partial charge >= 0.3 is 0 Å². The van der Waals surface area contributed by atoms with Crippen molar-refractivity contribution in [2.75, 3.05) is 0 Å². The zero-order valence-corrected chi connectivity index (χ0v) is 5.40. The number of thiophene rings is 1. The van der Waals surface area contributed by atoms with Crippen LogP contribution in [-0.4, -0.2) is 4.98 Å². The average Bonchev–Trinajstić information content (AvgIpc) is 2.38. The van der Waals surface area contributed by atoms with Crippen molar-refractivity contribution >= 4 is 21.4 Å². The standard InChI is InChI=1S/C7H3NS/c1-2-9-6-3-5-7(8-5)4(1)6/h1-3H. The predicted octanol–water partition coefficient (Wildman–Crippen LogP) is 2.28. The van der Waals surface area contributed by atoms with E-state index in [1.807, 2.05) is 0 Å². The Bertz CT molecular complexity index is 389. The van der Waals surface area contributed by atoms with Crippen LogP contribution in [-0.2, 0) is 0 Å². The zero-order valence-electron chi connectivity index (χ0n) is 4.59. The molecule has 0 fully saturated rings. The van der Waals surface area contributed by atoms with Gasteiger partial charge in [-0.05, 0) is 17.5 Å². The lowest BCUT2D eigenvalue weighted by Gasteiger charge is -1.67. The molecule has 9 heavy (non-hydrogen) atoms. The van der Waals surface area contributed by atoms with Gasteiger partial charge in [0.25, 0.3) is 0 Å². The maximum absolute atomic E-state index is 4.16. The lowest BCUT2D eigenvalue weighted by atomic mass is 10.4. The van der Waals surface area contributed by atoms with E-state index in [-0.39, 0.29) is 0 Å². The molecule has 0 radical (unpaired) electrons. The zero-order chi connectivity index (χ0) is 5.84. The molecule has 1 nitrogen and oxygen atoms in total. The van der Waals surface area contributed by atoms with E-state index < -0.39 is 0 Å². The fourth-order valence-electron chi connectivity index (χ4n) is 1.14. The van der Waals surface area contributed by atoms with Crippen LogP contribution in [0.25, 0.3) is 21.5 Å². The number of pyridine rings is 1. The van der Waals surface area contributed by atoms with Gasteiger partial charge in [0.2, 0.25) is 0 Å². The second-order valence-electron chi connectivity index (χ2n) is 2.19. The summed E-state index contributed by atoms with van der Waals surface area (Å²) in [4.78, 5) is 4.16. The number of rotatable bonds is 0. The van der Waals surface area contributed by atoms with E-state index in [4.69, 9.17) is 0 Å². The van der Waals surface area contributed by atoms with Gasteiger partial charge in [0.05, 0.1) is 11.4 Å². The van der Waals surface area contributed by atoms with Crippen LogP contribution in [0.15, 0.2) is 17.5 Å². The summed E-state index contributed by atoms with van der Waals surface area (Å²) >= 11 is 1.79. The quantitative estimate of drug-likeness (QED) is 0.458. The highest BCUT2D eigenvalue weighted by Gasteiger charge is 2.20. The largest absolute Gasteiger partial charge is 0.244 e. The van der Waals surface area contributed by atoms with Gasteiger partial charge in [-0.1, -0.05) is 0 Å². The first-order chi connectivity index (χ1) is 4.45. The highest BCUT2D eigenvalue weighted by Crippen LogP contribution is 2.40. The lowest BCUT2D eigenvalue weighted by Crippen LogP contribution is -1.43. The van der Waals surface area contributed by atoms with E-state index in [1.165, 1.54) is 21.5 Å². The van der Waals surface area contributed by atoms with Gasteiger partial charge in [0, 0.05) is 10.1 Å². The van der Waals surface area contributed by atoms with Crippen molar-refractivity contribution in [2.45, 2.75) is 0 Å². The molecule has 0 aromatic carbocycles. The molecule has 1 aromatic rings. The van der Waals surface area contributed by atoms with Gasteiger partial charge < -0.3 is 0 Å². The Balaban J connectivity index is 2.74. The van der Waals surface area contributed by atoms with Gasteiger partial charge in [-0.2, -0.15) is 0 Å². The van der Waals surface area contributed by atoms with Gasteiger partial charge in [-0.25, -0.2) is 4.98 Å². The molecule has 0 N–H and O–H groups in total. The number of aromatic nitrogens is 1. The van der Waals surface area contributed by atoms with Crippen molar-refractivity contribution < 1.29 is 0 Å². The molecule has 2 heterocycles. The first kappa shape index (κ1) is 4.01. The van der Waals surface area contributed by atoms with Crippen molar-refractivity contribution in [1.29, 1.82) is 0 Å². The Kier molecular flexibility index (Phi) is 0.456. The highest BCUT2D eigenvalue weighted by atomic mass is 32.1. The Labute approximate surface area is 56.0 Å². The molecule has 42 valence electrons. The van der Waals surface area contributed by atoms with Crippen LogP contribution >= 0.6 is 11.3 Å². The van der Waals surface area contributed by atoms with Crippen molar-refractivity contribution in [3.63, 3.8) is 0 Å². The average molecular weight is 133 g/mol. The first-order valence-corrected chi connectivity index (χ1v) is 3.72. The Morgan fingerprint density at radius 3 is 3.33 bits per heavy atom. The number of fused-ring (bicyclic) bond motifs is 3. The first-order valence-electron chi connectivity index (χ1n) is 2.84. The van der Waals surface area contributed by atoms with Crippen molar-refractivity contribution in [3.8, 4) is 11.4 Å². The smallest absolute Gasteiger partial charge is 0.0981 e. The second-order valence-corrected chi connectivity index (χ2v) is 3.14. The number of hydrogen-bond acceptors (Lipinski definition) is 2. The van der Waals surface area contributed by atoms with E-state index >= 15 is 0 Å². The second kappa shape index (κ2) is 1.02. The van der Waals surface area contributed by atoms with Crippen molar-refractivity contribution in [3.05, 3.63) is 17.5 Å². The fourth-order valence-corrected chi connectivity index (χ4v) is 1.97. The molecular weight excluding hydrogens is 130 g/mol. The highest BCUT2D eigenvalue weighted by molar-refractivity contribution is 7.17. The van der Waals surface area contributed by atoms with Crippen LogP contribution in [0.1, 0.15) is 0 Å². The minimum atomic E-state index is 1.21. The monoisotopic (exact) mass is 133 g/mol. The van der Waals surface area contributed by atoms with Crippen LogP contribution < -0.4 is 0 Å². The Morgan fingerprint density at radius 1 is 1.44 bits per heavy atom. The molecule has 1 aliphatic carbocycles. The minimum absolute atomic E-state index is 1.21. The van der Waals surface area contributed by atoms with Crippen molar-refractivity contribution in [2.24, 2.45) is 0 Å². The molecule has 0 unspecified atom stereocenters. The van der Waals surface area contributed by atoms with Crippen LogP contribution in [0.5, 0.6) is 0 Å². The number of nitrogens with zero attached hydrogens (tertiary/aromatic N) is 1. The third-order valence-electron chi connectivity index (χ3n) is 1.64. The van der Waals surface area contributed by atoms with Crippen molar-refractivity contribution in [1.82, 2.24) is 4.98 Å². The molecule has 0 saturated carbocycles. The third-order valence-corrected chi connectivity index (χ3v) is 2.51. The van der Waals surface area contributed by atoms with E-state index in [1.54, 1.807) is 11.3 Å². The predicted molar refractivity (Wildman–Crippen MR) is 38.6 cm³/mol. The molecule has 0 spiro atoms. The maximum Gasteiger partial charge on any atom is 0.0981 e. The molecule has 2 aliphatic rings. The van der Waals surface area contributed by atoms with E-state index in [0.29, 0.717) is 0 Å². The lowest BCUT2D eigenvalue weighted by molar-refractivity contribution is 1.71. The topological polar surface area (TPSA) is 12.9 Å². The number of hydrogen-bond donors (Lipinski definition) is 0. The van der Waals surface area contributed by atoms with E-state index in [2.05, 4.69) is 22.5 Å². The summed E-state index contributed by atoms with van der Waals surface area (Å²) in [6, 6.07) is 4.28. The van der Waals surface area contributed by atoms with E-state index in [9.17, 15) is 0 Å². The Morgan fingerprint density at radius 2 is 2.44 bits per heavy atom. The molecule has 0 atom stereocenters. The molecule has 0 bridgehead atoms. The summed E-state index contributed by atoms with van der Waals surface area (Å²) < 4.78 is 1.38. The van der Waals surface area contributed by atoms with Crippen LogP contribution in [0.2, 0.25) is 0 Å². The molecule has 1 aliphatic heterocycles. The summed E-state index contributed by atoms with van der Waals surface area (Å²) in [7, 11) is 0. The summed E-state index contributed by atoms with van der Waals surface area (Å²) in [5.74, 6) is 0. The van der Waals surface area contributed by atoms with Gasteiger partial charge in [0.15, 0.2) is 0 Å². The third kappa shape index (κ3) is 0.348. The molecular formula is C7H3NS. The molecule has 3 rings (SSSR count). The van der Waals surface area contributed by atoms with Crippen LogP contribution in [0.4, 0.5) is 0 Å². The van der Waals surface area contributed by atoms with Crippen LogP contribution in [0.3, 0.4) is 0 Å². The summed E-state index contributed by atoms with van der Waals surface area (Å²) in [5.41, 5.74) is 2.43. The minimum Gasteiger partial charge on any atom is -0.244 e. The van der Waals surface area contributed by atoms with Gasteiger partial charge in [-0.15, -0.1) is 11.3 Å². The molecule has 0 amide bonds. The molecule has 1 aromatic heterocycles. The van der Waals surface area contributed by atoms with E-state index in [0.717, 1.165) is 0 Å². The SMILES string of the molecule is c1cc2c3nc-3cc2s1. The molecule has 2 heteroatoms. The van der Waals surface area contributed by atoms with Crippen LogP contribution in [0, 0.1) is 0 Å². The Hall–Kier alpha value is -0.890. The van der Waals surface area contributed by atoms with Gasteiger partial charge in [0.1, 0.15) is 0 Å². The summed E-state index contributed by atoms with van der Waals surface area (Å²) in [5, 5.41) is 3.45. The summed E-state index contributed by atoms with van der Waals surface area (Å²) in [6.45, 7) is 0. The fraction of sp³-hybridized carbons (Fsp3) is 0. The normalized spacial score (nSPS) is 12.4. The summed E-state index contributed by atoms with van der Waals surface area (Å²) in [6.07, 6.45) is 0. The van der Waals surface area contributed by atoms with Gasteiger partial charge in [-0.3, -0.25) is 0 Å². The maximum atomic E-state index is 4.16. The molecule has 0 saturated heterocycles.